The van der Waals surface area contributed by atoms with Crippen LogP contribution in [0.4, 0.5) is 0 Å². The highest BCUT2D eigenvalue weighted by Crippen LogP contribution is 2.38. The molecule has 2 rings (SSSR count). The molecular formula is C12H20N2S. The van der Waals surface area contributed by atoms with Crippen molar-refractivity contribution in [3.63, 3.8) is 0 Å². The van der Waals surface area contributed by atoms with Gasteiger partial charge in [0.1, 0.15) is 5.01 Å². The van der Waals surface area contributed by atoms with Crippen LogP contribution in [0.15, 0.2) is 5.38 Å². The van der Waals surface area contributed by atoms with Gasteiger partial charge in [0, 0.05) is 11.1 Å². The summed E-state index contributed by atoms with van der Waals surface area (Å²) in [4.78, 5) is 4.62. The summed E-state index contributed by atoms with van der Waals surface area (Å²) in [7, 11) is 2.05. The van der Waals surface area contributed by atoms with E-state index in [0.717, 1.165) is 11.6 Å². The fourth-order valence-electron chi connectivity index (χ4n) is 2.18. The van der Waals surface area contributed by atoms with E-state index in [1.165, 1.54) is 30.7 Å². The zero-order valence-corrected chi connectivity index (χ0v) is 10.7. The van der Waals surface area contributed by atoms with Gasteiger partial charge in [-0.15, -0.1) is 11.3 Å². The molecule has 0 spiro atoms. The summed E-state index contributed by atoms with van der Waals surface area (Å²) in [5, 5.41) is 6.84. The van der Waals surface area contributed by atoms with Gasteiger partial charge in [0.25, 0.3) is 0 Å². The molecule has 0 saturated heterocycles. The summed E-state index contributed by atoms with van der Waals surface area (Å²) in [5.74, 6) is 0.909. The first kappa shape index (κ1) is 11.1. The molecule has 0 bridgehead atoms. The van der Waals surface area contributed by atoms with Crippen LogP contribution in [0.3, 0.4) is 0 Å². The maximum Gasteiger partial charge on any atom is 0.113 e. The van der Waals surface area contributed by atoms with Gasteiger partial charge in [-0.3, -0.25) is 0 Å². The van der Waals surface area contributed by atoms with Crippen LogP contribution in [0, 0.1) is 12.8 Å². The van der Waals surface area contributed by atoms with E-state index in [2.05, 4.69) is 36.6 Å². The standard InChI is InChI=1S/C12H20N2S/c1-9-8-15-11(14-9)12(2,13-3)7-10-5-4-6-10/h8,10,13H,4-7H2,1-3H3. The Hall–Kier alpha value is -0.410. The second kappa shape index (κ2) is 4.22. The molecule has 3 heteroatoms. The van der Waals surface area contributed by atoms with Crippen LogP contribution in [0.25, 0.3) is 0 Å². The minimum absolute atomic E-state index is 0.0873. The summed E-state index contributed by atoms with van der Waals surface area (Å²) >= 11 is 1.78. The Morgan fingerprint density at radius 1 is 1.60 bits per heavy atom. The van der Waals surface area contributed by atoms with Crippen LogP contribution >= 0.6 is 11.3 Å². The molecule has 1 aromatic rings. The minimum atomic E-state index is 0.0873. The molecule has 1 fully saturated rings. The third-order valence-electron chi connectivity index (χ3n) is 3.56. The van der Waals surface area contributed by atoms with Crippen LogP contribution in [0.2, 0.25) is 0 Å². The smallest absolute Gasteiger partial charge is 0.113 e. The Kier molecular flexibility index (Phi) is 3.12. The van der Waals surface area contributed by atoms with Gasteiger partial charge in [0.15, 0.2) is 0 Å². The minimum Gasteiger partial charge on any atom is -0.309 e. The van der Waals surface area contributed by atoms with Crippen molar-refractivity contribution in [2.45, 2.75) is 45.1 Å². The lowest BCUT2D eigenvalue weighted by Crippen LogP contribution is -2.39. The van der Waals surface area contributed by atoms with Gasteiger partial charge in [-0.1, -0.05) is 19.3 Å². The maximum absolute atomic E-state index is 4.62. The van der Waals surface area contributed by atoms with Crippen molar-refractivity contribution in [2.75, 3.05) is 7.05 Å². The highest BCUT2D eigenvalue weighted by molar-refractivity contribution is 7.09. The summed E-state index contributed by atoms with van der Waals surface area (Å²) in [6.07, 6.45) is 5.46. The zero-order valence-electron chi connectivity index (χ0n) is 9.84. The summed E-state index contributed by atoms with van der Waals surface area (Å²) < 4.78 is 0. The number of aryl methyl sites for hydroxylation is 1. The molecule has 1 aromatic heterocycles. The molecule has 1 N–H and O–H groups in total. The van der Waals surface area contributed by atoms with Gasteiger partial charge in [-0.2, -0.15) is 0 Å². The zero-order chi connectivity index (χ0) is 10.9. The van der Waals surface area contributed by atoms with Gasteiger partial charge in [0.2, 0.25) is 0 Å². The monoisotopic (exact) mass is 224 g/mol. The van der Waals surface area contributed by atoms with Crippen LogP contribution in [0.5, 0.6) is 0 Å². The van der Waals surface area contributed by atoms with Crippen molar-refractivity contribution < 1.29 is 0 Å². The molecule has 0 amide bonds. The summed E-state index contributed by atoms with van der Waals surface area (Å²) in [5.41, 5.74) is 1.23. The Balaban J connectivity index is 2.12. The van der Waals surface area contributed by atoms with E-state index in [1.807, 2.05) is 0 Å². The molecule has 0 radical (unpaired) electrons. The Morgan fingerprint density at radius 3 is 2.73 bits per heavy atom. The van der Waals surface area contributed by atoms with Crippen LogP contribution in [0.1, 0.15) is 43.3 Å². The highest BCUT2D eigenvalue weighted by atomic mass is 32.1. The Labute approximate surface area is 96.1 Å². The van der Waals surface area contributed by atoms with Crippen molar-refractivity contribution in [3.05, 3.63) is 16.1 Å². The molecule has 2 nitrogen and oxygen atoms in total. The molecule has 15 heavy (non-hydrogen) atoms. The summed E-state index contributed by atoms with van der Waals surface area (Å²) in [6.45, 7) is 4.35. The van der Waals surface area contributed by atoms with Gasteiger partial charge in [-0.25, -0.2) is 4.98 Å². The van der Waals surface area contributed by atoms with E-state index < -0.39 is 0 Å². The quantitative estimate of drug-likeness (QED) is 0.850. The second-order valence-corrected chi connectivity index (χ2v) is 5.74. The third-order valence-corrected chi connectivity index (χ3v) is 4.79. The molecule has 1 aliphatic rings. The molecule has 0 aromatic carbocycles. The van der Waals surface area contributed by atoms with Crippen LogP contribution in [-0.2, 0) is 5.54 Å². The van der Waals surface area contributed by atoms with Gasteiger partial charge >= 0.3 is 0 Å². The first-order chi connectivity index (χ1) is 7.14. The molecule has 1 aliphatic carbocycles. The lowest BCUT2D eigenvalue weighted by atomic mass is 9.77. The molecule has 1 atom stereocenters. The van der Waals surface area contributed by atoms with E-state index in [0.29, 0.717) is 0 Å². The van der Waals surface area contributed by atoms with E-state index >= 15 is 0 Å². The van der Waals surface area contributed by atoms with Crippen LogP contribution in [-0.4, -0.2) is 12.0 Å². The Morgan fingerprint density at radius 2 is 2.33 bits per heavy atom. The maximum atomic E-state index is 4.62. The van der Waals surface area contributed by atoms with Crippen molar-refractivity contribution in [3.8, 4) is 0 Å². The third kappa shape index (κ3) is 2.23. The molecular weight excluding hydrogens is 204 g/mol. The number of hydrogen-bond donors (Lipinski definition) is 1. The van der Waals surface area contributed by atoms with Crippen molar-refractivity contribution in [2.24, 2.45) is 5.92 Å². The number of thiazole rings is 1. The topological polar surface area (TPSA) is 24.9 Å². The fraction of sp³-hybridized carbons (Fsp3) is 0.750. The van der Waals surface area contributed by atoms with Gasteiger partial charge < -0.3 is 5.32 Å². The summed E-state index contributed by atoms with van der Waals surface area (Å²) in [6, 6.07) is 0. The van der Waals surface area contributed by atoms with E-state index in [4.69, 9.17) is 0 Å². The average molecular weight is 224 g/mol. The number of rotatable bonds is 4. The lowest BCUT2D eigenvalue weighted by molar-refractivity contribution is 0.211. The number of hydrogen-bond acceptors (Lipinski definition) is 3. The predicted octanol–water partition coefficient (Wildman–Crippen LogP) is 3.08. The average Bonchev–Trinajstić information content (AvgIpc) is 2.59. The molecule has 1 saturated carbocycles. The largest absolute Gasteiger partial charge is 0.309 e. The van der Waals surface area contributed by atoms with Crippen molar-refractivity contribution in [1.82, 2.24) is 10.3 Å². The number of aromatic nitrogens is 1. The molecule has 1 heterocycles. The first-order valence-electron chi connectivity index (χ1n) is 5.75. The van der Waals surface area contributed by atoms with Crippen molar-refractivity contribution in [1.29, 1.82) is 0 Å². The van der Waals surface area contributed by atoms with Gasteiger partial charge in [-0.05, 0) is 33.2 Å². The van der Waals surface area contributed by atoms with Gasteiger partial charge in [0.05, 0.1) is 5.54 Å². The molecule has 1 unspecified atom stereocenters. The lowest BCUT2D eigenvalue weighted by Gasteiger charge is -2.35. The van der Waals surface area contributed by atoms with E-state index in [9.17, 15) is 0 Å². The van der Waals surface area contributed by atoms with Crippen LogP contribution < -0.4 is 5.32 Å². The predicted molar refractivity (Wildman–Crippen MR) is 65.2 cm³/mol. The Bertz CT molecular complexity index is 330. The van der Waals surface area contributed by atoms with Crippen molar-refractivity contribution >= 4 is 11.3 Å². The normalized spacial score (nSPS) is 21.0. The second-order valence-electron chi connectivity index (χ2n) is 4.88. The SMILES string of the molecule is CNC(C)(CC1CCC1)c1nc(C)cs1. The first-order valence-corrected chi connectivity index (χ1v) is 6.63. The fourth-order valence-corrected chi connectivity index (χ4v) is 3.16. The number of nitrogens with zero attached hydrogens (tertiary/aromatic N) is 1. The van der Waals surface area contributed by atoms with E-state index in [-0.39, 0.29) is 5.54 Å². The highest BCUT2D eigenvalue weighted by Gasteiger charge is 2.33. The number of nitrogens with one attached hydrogen (secondary N) is 1. The van der Waals surface area contributed by atoms with E-state index in [1.54, 1.807) is 11.3 Å². The molecule has 84 valence electrons. The molecule has 0 aliphatic heterocycles.